The number of nitrogens with zero attached hydrogens (tertiary/aromatic N) is 3. The fourth-order valence-electron chi connectivity index (χ4n) is 1.72. The van der Waals surface area contributed by atoms with Crippen molar-refractivity contribution < 1.29 is 9.90 Å². The number of anilines is 1. The molecular weight excluding hydrogens is 244 g/mol. The van der Waals surface area contributed by atoms with Crippen molar-refractivity contribution in [2.45, 2.75) is 0 Å². The summed E-state index contributed by atoms with van der Waals surface area (Å²) in [5, 5.41) is 12.7. The Balaban J connectivity index is 2.24. The van der Waals surface area contributed by atoms with Crippen LogP contribution in [-0.4, -0.2) is 53.1 Å². The highest BCUT2D eigenvalue weighted by Crippen LogP contribution is 2.17. The molecule has 2 aromatic rings. The molecule has 6 heteroatoms. The van der Waals surface area contributed by atoms with Crippen molar-refractivity contribution in [3.8, 4) is 0 Å². The van der Waals surface area contributed by atoms with Crippen LogP contribution in [0.2, 0.25) is 0 Å². The maximum absolute atomic E-state index is 11.1. The minimum absolute atomic E-state index is 0.220. The second-order valence-corrected chi connectivity index (χ2v) is 4.47. The lowest BCUT2D eigenvalue weighted by molar-refractivity contribution is 0.0699. The molecule has 0 radical (unpaired) electrons. The molecule has 1 aromatic carbocycles. The first-order valence-electron chi connectivity index (χ1n) is 5.95. The largest absolute Gasteiger partial charge is 0.478 e. The van der Waals surface area contributed by atoms with Crippen molar-refractivity contribution in [3.63, 3.8) is 0 Å². The number of hydrogen-bond acceptors (Lipinski definition) is 5. The maximum atomic E-state index is 11.1. The zero-order valence-corrected chi connectivity index (χ0v) is 10.9. The Morgan fingerprint density at radius 1 is 1.42 bits per heavy atom. The van der Waals surface area contributed by atoms with E-state index in [0.29, 0.717) is 16.9 Å². The van der Waals surface area contributed by atoms with Crippen molar-refractivity contribution >= 4 is 22.8 Å². The summed E-state index contributed by atoms with van der Waals surface area (Å²) in [5.74, 6) is -0.459. The number of hydrogen-bond donors (Lipinski definition) is 2. The SMILES string of the molecule is CN(C)CCNc1ncc2c(C(=O)O)cccc2n1. The third-order valence-corrected chi connectivity index (χ3v) is 2.70. The Hall–Kier alpha value is -2.21. The Labute approximate surface area is 111 Å². The number of carbonyl (C=O) groups is 1. The van der Waals surface area contributed by atoms with Crippen LogP contribution >= 0.6 is 0 Å². The highest BCUT2D eigenvalue weighted by Gasteiger charge is 2.09. The molecule has 0 atom stereocenters. The van der Waals surface area contributed by atoms with Crippen LogP contribution in [0.3, 0.4) is 0 Å². The van der Waals surface area contributed by atoms with E-state index in [4.69, 9.17) is 5.11 Å². The van der Waals surface area contributed by atoms with Crippen LogP contribution in [0.15, 0.2) is 24.4 Å². The fraction of sp³-hybridized carbons (Fsp3) is 0.308. The van der Waals surface area contributed by atoms with E-state index in [2.05, 4.69) is 20.2 Å². The molecule has 0 saturated carbocycles. The summed E-state index contributed by atoms with van der Waals surface area (Å²) in [5.41, 5.74) is 0.847. The Morgan fingerprint density at radius 2 is 2.21 bits per heavy atom. The molecule has 0 bridgehead atoms. The van der Waals surface area contributed by atoms with Crippen LogP contribution in [0.5, 0.6) is 0 Å². The van der Waals surface area contributed by atoms with E-state index in [1.54, 1.807) is 24.4 Å². The lowest BCUT2D eigenvalue weighted by Crippen LogP contribution is -2.21. The topological polar surface area (TPSA) is 78.4 Å². The summed E-state index contributed by atoms with van der Waals surface area (Å²) in [7, 11) is 3.98. The van der Waals surface area contributed by atoms with E-state index in [-0.39, 0.29) is 5.56 Å². The second kappa shape index (κ2) is 5.62. The summed E-state index contributed by atoms with van der Waals surface area (Å²) in [6.45, 7) is 1.60. The number of aromatic nitrogens is 2. The highest BCUT2D eigenvalue weighted by atomic mass is 16.4. The van der Waals surface area contributed by atoms with E-state index in [0.717, 1.165) is 13.1 Å². The van der Waals surface area contributed by atoms with Crippen LogP contribution in [0.1, 0.15) is 10.4 Å². The van der Waals surface area contributed by atoms with Gasteiger partial charge in [-0.25, -0.2) is 14.8 Å². The Bertz CT molecular complexity index is 598. The minimum Gasteiger partial charge on any atom is -0.478 e. The maximum Gasteiger partial charge on any atom is 0.336 e. The third kappa shape index (κ3) is 3.17. The van der Waals surface area contributed by atoms with E-state index >= 15 is 0 Å². The van der Waals surface area contributed by atoms with Crippen molar-refractivity contribution in [1.29, 1.82) is 0 Å². The van der Waals surface area contributed by atoms with E-state index in [1.165, 1.54) is 0 Å². The van der Waals surface area contributed by atoms with Gasteiger partial charge < -0.3 is 15.3 Å². The van der Waals surface area contributed by atoms with Gasteiger partial charge in [0.1, 0.15) is 0 Å². The van der Waals surface area contributed by atoms with Gasteiger partial charge >= 0.3 is 5.97 Å². The van der Waals surface area contributed by atoms with Gasteiger partial charge in [-0.1, -0.05) is 6.07 Å². The standard InChI is InChI=1S/C13H16N4O2/c1-17(2)7-6-14-13-15-8-10-9(12(18)19)4-3-5-11(10)16-13/h3-5,8H,6-7H2,1-2H3,(H,18,19)(H,14,15,16). The van der Waals surface area contributed by atoms with Gasteiger partial charge in [-0.3, -0.25) is 0 Å². The number of carboxylic acid groups (broad SMARTS) is 1. The molecule has 0 aliphatic heterocycles. The average molecular weight is 260 g/mol. The molecule has 2 rings (SSSR count). The van der Waals surface area contributed by atoms with Crippen molar-refractivity contribution in [1.82, 2.24) is 14.9 Å². The molecule has 6 nitrogen and oxygen atoms in total. The lowest BCUT2D eigenvalue weighted by atomic mass is 10.1. The Kier molecular flexibility index (Phi) is 3.91. The quantitative estimate of drug-likeness (QED) is 0.843. The number of likely N-dealkylation sites (N-methyl/N-ethyl adjacent to an activating group) is 1. The molecule has 0 fully saturated rings. The van der Waals surface area contributed by atoms with E-state index in [1.807, 2.05) is 14.1 Å². The number of benzene rings is 1. The van der Waals surface area contributed by atoms with Gasteiger partial charge in [-0.2, -0.15) is 0 Å². The predicted octanol–water partition coefficient (Wildman–Crippen LogP) is 1.30. The molecule has 1 aromatic heterocycles. The van der Waals surface area contributed by atoms with E-state index < -0.39 is 5.97 Å². The fourth-order valence-corrected chi connectivity index (χ4v) is 1.72. The van der Waals surface area contributed by atoms with Crippen molar-refractivity contribution in [2.24, 2.45) is 0 Å². The van der Waals surface area contributed by atoms with E-state index in [9.17, 15) is 4.79 Å². The number of aromatic carboxylic acids is 1. The van der Waals surface area contributed by atoms with Crippen LogP contribution in [-0.2, 0) is 0 Å². The summed E-state index contributed by atoms with van der Waals surface area (Å²) >= 11 is 0. The number of fused-ring (bicyclic) bond motifs is 1. The molecular formula is C13H16N4O2. The van der Waals surface area contributed by atoms with Crippen molar-refractivity contribution in [2.75, 3.05) is 32.5 Å². The van der Waals surface area contributed by atoms with Gasteiger partial charge in [0.15, 0.2) is 0 Å². The van der Waals surface area contributed by atoms with Gasteiger partial charge in [-0.15, -0.1) is 0 Å². The summed E-state index contributed by atoms with van der Waals surface area (Å²) in [4.78, 5) is 21.6. The first-order valence-corrected chi connectivity index (χ1v) is 5.95. The Morgan fingerprint density at radius 3 is 2.89 bits per heavy atom. The van der Waals surface area contributed by atoms with Crippen molar-refractivity contribution in [3.05, 3.63) is 30.0 Å². The monoisotopic (exact) mass is 260 g/mol. The molecule has 1 heterocycles. The molecule has 100 valence electrons. The molecule has 2 N–H and O–H groups in total. The molecule has 0 unspecified atom stereocenters. The highest BCUT2D eigenvalue weighted by molar-refractivity contribution is 6.02. The van der Waals surface area contributed by atoms with Crippen LogP contribution < -0.4 is 5.32 Å². The smallest absolute Gasteiger partial charge is 0.336 e. The summed E-state index contributed by atoms with van der Waals surface area (Å²) < 4.78 is 0. The first kappa shape index (κ1) is 13.2. The van der Waals surface area contributed by atoms with Gasteiger partial charge in [0.05, 0.1) is 11.1 Å². The normalized spacial score (nSPS) is 10.9. The zero-order valence-electron chi connectivity index (χ0n) is 10.9. The lowest BCUT2D eigenvalue weighted by Gasteiger charge is -2.10. The molecule has 0 saturated heterocycles. The van der Waals surface area contributed by atoms with Gasteiger partial charge in [0, 0.05) is 24.7 Å². The number of nitrogens with one attached hydrogen (secondary N) is 1. The third-order valence-electron chi connectivity index (χ3n) is 2.70. The van der Waals surface area contributed by atoms with Gasteiger partial charge in [-0.05, 0) is 26.2 Å². The van der Waals surface area contributed by atoms with Gasteiger partial charge in [0.25, 0.3) is 0 Å². The average Bonchev–Trinajstić information content (AvgIpc) is 2.37. The molecule has 19 heavy (non-hydrogen) atoms. The number of rotatable bonds is 5. The first-order chi connectivity index (χ1) is 9.08. The molecule has 0 amide bonds. The second-order valence-electron chi connectivity index (χ2n) is 4.47. The molecule has 0 aliphatic carbocycles. The summed E-state index contributed by atoms with van der Waals surface area (Å²) in [6.07, 6.45) is 1.55. The number of carboxylic acids is 1. The molecule has 0 aliphatic rings. The van der Waals surface area contributed by atoms with Crippen LogP contribution in [0, 0.1) is 0 Å². The zero-order chi connectivity index (χ0) is 13.8. The summed E-state index contributed by atoms with van der Waals surface area (Å²) in [6, 6.07) is 5.01. The van der Waals surface area contributed by atoms with Gasteiger partial charge in [0.2, 0.25) is 5.95 Å². The van der Waals surface area contributed by atoms with Crippen LogP contribution in [0.25, 0.3) is 10.9 Å². The molecule has 0 spiro atoms. The minimum atomic E-state index is -0.970. The van der Waals surface area contributed by atoms with Crippen LogP contribution in [0.4, 0.5) is 5.95 Å². The predicted molar refractivity (Wildman–Crippen MR) is 73.5 cm³/mol.